The van der Waals surface area contributed by atoms with E-state index in [9.17, 15) is 9.59 Å². The van der Waals surface area contributed by atoms with Crippen LogP contribution in [-0.2, 0) is 16.0 Å². The van der Waals surface area contributed by atoms with Crippen molar-refractivity contribution >= 4 is 17.5 Å². The van der Waals surface area contributed by atoms with E-state index in [0.717, 1.165) is 30.5 Å². The molecule has 1 aliphatic rings. The van der Waals surface area contributed by atoms with E-state index < -0.39 is 0 Å². The highest BCUT2D eigenvalue weighted by Gasteiger charge is 2.47. The van der Waals surface area contributed by atoms with E-state index in [4.69, 9.17) is 0 Å². The Morgan fingerprint density at radius 1 is 1.14 bits per heavy atom. The number of rotatable bonds is 7. The number of aryl methyl sites for hydroxylation is 1. The van der Waals surface area contributed by atoms with E-state index in [1.54, 1.807) is 0 Å². The van der Waals surface area contributed by atoms with Crippen LogP contribution in [0.5, 0.6) is 0 Å². The third-order valence-corrected chi connectivity index (χ3v) is 3.95. The van der Waals surface area contributed by atoms with E-state index in [2.05, 4.69) is 24.5 Å². The molecule has 2 atom stereocenters. The molecular weight excluding hydrogens is 264 g/mol. The van der Waals surface area contributed by atoms with Gasteiger partial charge in [-0.15, -0.1) is 0 Å². The monoisotopic (exact) mass is 288 g/mol. The van der Waals surface area contributed by atoms with Crippen LogP contribution in [0.2, 0.25) is 0 Å². The first-order valence-corrected chi connectivity index (χ1v) is 7.83. The quantitative estimate of drug-likeness (QED) is 0.758. The molecule has 2 N–H and O–H groups in total. The fourth-order valence-corrected chi connectivity index (χ4v) is 2.47. The van der Waals surface area contributed by atoms with Crippen LogP contribution in [0.1, 0.15) is 38.7 Å². The topological polar surface area (TPSA) is 58.2 Å². The van der Waals surface area contributed by atoms with Crippen molar-refractivity contribution in [2.75, 3.05) is 11.9 Å². The number of carbonyl (C=O) groups is 2. The zero-order valence-electron chi connectivity index (χ0n) is 12.8. The minimum absolute atomic E-state index is 0.0207. The van der Waals surface area contributed by atoms with Gasteiger partial charge in [0.25, 0.3) is 0 Å². The van der Waals surface area contributed by atoms with Crippen LogP contribution in [0.3, 0.4) is 0 Å². The van der Waals surface area contributed by atoms with Crippen molar-refractivity contribution in [1.29, 1.82) is 0 Å². The maximum absolute atomic E-state index is 12.2. The summed E-state index contributed by atoms with van der Waals surface area (Å²) in [5.74, 6) is -0.328. The fraction of sp³-hybridized carbons (Fsp3) is 0.529. The number of nitrogens with one attached hydrogen (secondary N) is 2. The highest BCUT2D eigenvalue weighted by molar-refractivity contribution is 5.99. The molecule has 2 unspecified atom stereocenters. The van der Waals surface area contributed by atoms with Gasteiger partial charge in [-0.1, -0.05) is 38.5 Å². The summed E-state index contributed by atoms with van der Waals surface area (Å²) in [6.45, 7) is 4.86. The molecule has 1 saturated carbocycles. The third-order valence-electron chi connectivity index (χ3n) is 3.95. The zero-order valence-corrected chi connectivity index (χ0v) is 12.8. The molecule has 0 heterocycles. The molecule has 1 aromatic carbocycles. The fourth-order valence-electron chi connectivity index (χ4n) is 2.47. The molecule has 114 valence electrons. The van der Waals surface area contributed by atoms with Gasteiger partial charge in [-0.25, -0.2) is 0 Å². The number of benzene rings is 1. The second kappa shape index (κ2) is 7.25. The van der Waals surface area contributed by atoms with Gasteiger partial charge < -0.3 is 10.6 Å². The van der Waals surface area contributed by atoms with Crippen molar-refractivity contribution < 1.29 is 9.59 Å². The van der Waals surface area contributed by atoms with Crippen molar-refractivity contribution in [1.82, 2.24) is 5.32 Å². The Kier molecular flexibility index (Phi) is 5.37. The van der Waals surface area contributed by atoms with E-state index in [1.807, 2.05) is 24.3 Å². The van der Waals surface area contributed by atoms with Crippen LogP contribution < -0.4 is 10.6 Å². The highest BCUT2D eigenvalue weighted by atomic mass is 16.2. The molecule has 4 nitrogen and oxygen atoms in total. The summed E-state index contributed by atoms with van der Waals surface area (Å²) in [6, 6.07) is 7.80. The lowest BCUT2D eigenvalue weighted by Crippen LogP contribution is -2.28. The standard InChI is InChI=1S/C17H24N2O2/c1-3-5-10-18-16(20)13-11-14(13)17(21)19-15-9-7-6-8-12(15)4-2/h6-9,13-14H,3-5,10-11H2,1-2H3,(H,18,20)(H,19,21). The van der Waals surface area contributed by atoms with Gasteiger partial charge in [0.2, 0.25) is 11.8 Å². The Morgan fingerprint density at radius 2 is 1.86 bits per heavy atom. The molecule has 1 fully saturated rings. The van der Waals surface area contributed by atoms with Gasteiger partial charge in [-0.3, -0.25) is 9.59 Å². The molecule has 1 aliphatic carbocycles. The Labute approximate surface area is 126 Å². The first-order valence-electron chi connectivity index (χ1n) is 7.83. The van der Waals surface area contributed by atoms with Crippen LogP contribution in [0.4, 0.5) is 5.69 Å². The minimum atomic E-state index is -0.170. The molecule has 4 heteroatoms. The lowest BCUT2D eigenvalue weighted by molar-refractivity contribution is -0.125. The van der Waals surface area contributed by atoms with Gasteiger partial charge in [0.05, 0.1) is 11.8 Å². The molecule has 0 spiro atoms. The first kappa shape index (κ1) is 15.5. The van der Waals surface area contributed by atoms with Gasteiger partial charge in [-0.05, 0) is 30.9 Å². The maximum Gasteiger partial charge on any atom is 0.228 e. The van der Waals surface area contributed by atoms with Crippen molar-refractivity contribution in [3.05, 3.63) is 29.8 Å². The Morgan fingerprint density at radius 3 is 2.57 bits per heavy atom. The van der Waals surface area contributed by atoms with Gasteiger partial charge >= 0.3 is 0 Å². The maximum atomic E-state index is 12.2. The van der Waals surface area contributed by atoms with Crippen molar-refractivity contribution in [2.45, 2.75) is 39.5 Å². The number of hydrogen-bond acceptors (Lipinski definition) is 2. The average molecular weight is 288 g/mol. The zero-order chi connectivity index (χ0) is 15.2. The largest absolute Gasteiger partial charge is 0.356 e. The van der Waals surface area contributed by atoms with Crippen LogP contribution >= 0.6 is 0 Å². The molecule has 21 heavy (non-hydrogen) atoms. The van der Waals surface area contributed by atoms with Crippen molar-refractivity contribution in [3.8, 4) is 0 Å². The SMILES string of the molecule is CCCCNC(=O)C1CC1C(=O)Nc1ccccc1CC. The Hall–Kier alpha value is -1.84. The molecule has 1 aromatic rings. The molecule has 0 aliphatic heterocycles. The summed E-state index contributed by atoms with van der Waals surface area (Å²) in [5, 5.41) is 5.85. The number of anilines is 1. The lowest BCUT2D eigenvalue weighted by atomic mass is 10.1. The van der Waals surface area contributed by atoms with E-state index >= 15 is 0 Å². The normalized spacial score (nSPS) is 19.9. The summed E-state index contributed by atoms with van der Waals surface area (Å²) in [7, 11) is 0. The third kappa shape index (κ3) is 4.06. The Balaban J connectivity index is 1.84. The lowest BCUT2D eigenvalue weighted by Gasteiger charge is -2.09. The van der Waals surface area contributed by atoms with Crippen LogP contribution in [0.15, 0.2) is 24.3 Å². The molecule has 0 saturated heterocycles. The second-order valence-electron chi connectivity index (χ2n) is 5.59. The van der Waals surface area contributed by atoms with Gasteiger partial charge in [0.1, 0.15) is 0 Å². The summed E-state index contributed by atoms with van der Waals surface area (Å²) in [5.41, 5.74) is 1.98. The summed E-state index contributed by atoms with van der Waals surface area (Å²) in [4.78, 5) is 24.1. The Bertz CT molecular complexity index is 513. The smallest absolute Gasteiger partial charge is 0.228 e. The first-order chi connectivity index (χ1) is 10.2. The number of carbonyl (C=O) groups excluding carboxylic acids is 2. The van der Waals surface area contributed by atoms with E-state index in [0.29, 0.717) is 13.0 Å². The predicted octanol–water partition coefficient (Wildman–Crippen LogP) is 2.74. The molecule has 2 amide bonds. The van der Waals surface area contributed by atoms with Crippen LogP contribution in [-0.4, -0.2) is 18.4 Å². The molecule has 2 rings (SSSR count). The summed E-state index contributed by atoms with van der Waals surface area (Å²) < 4.78 is 0. The molecule has 0 radical (unpaired) electrons. The van der Waals surface area contributed by atoms with Gasteiger partial charge in [0.15, 0.2) is 0 Å². The van der Waals surface area contributed by atoms with Gasteiger partial charge in [0, 0.05) is 12.2 Å². The van der Waals surface area contributed by atoms with E-state index in [-0.39, 0.29) is 23.7 Å². The second-order valence-corrected chi connectivity index (χ2v) is 5.59. The minimum Gasteiger partial charge on any atom is -0.356 e. The molecule has 0 bridgehead atoms. The molecular formula is C17H24N2O2. The van der Waals surface area contributed by atoms with Crippen LogP contribution in [0.25, 0.3) is 0 Å². The van der Waals surface area contributed by atoms with Crippen molar-refractivity contribution in [3.63, 3.8) is 0 Å². The summed E-state index contributed by atoms with van der Waals surface area (Å²) >= 11 is 0. The number of hydrogen-bond donors (Lipinski definition) is 2. The van der Waals surface area contributed by atoms with E-state index in [1.165, 1.54) is 0 Å². The summed E-state index contributed by atoms with van der Waals surface area (Å²) in [6.07, 6.45) is 3.59. The van der Waals surface area contributed by atoms with Crippen molar-refractivity contribution in [2.24, 2.45) is 11.8 Å². The number of amides is 2. The highest BCUT2D eigenvalue weighted by Crippen LogP contribution is 2.39. The number of unbranched alkanes of at least 4 members (excludes halogenated alkanes) is 1. The van der Waals surface area contributed by atoms with Gasteiger partial charge in [-0.2, -0.15) is 0 Å². The predicted molar refractivity (Wildman–Crippen MR) is 84.0 cm³/mol. The van der Waals surface area contributed by atoms with Crippen LogP contribution in [0, 0.1) is 11.8 Å². The average Bonchev–Trinajstić information content (AvgIpc) is 3.28. The number of para-hydroxylation sites is 1. The molecule has 0 aromatic heterocycles.